The Bertz CT molecular complexity index is 847. The third-order valence-electron chi connectivity index (χ3n) is 3.62. The molecule has 0 saturated carbocycles. The number of nitrogens with one attached hydrogen (secondary N) is 1. The van der Waals surface area contributed by atoms with Gasteiger partial charge >= 0.3 is 11.9 Å². The van der Waals surface area contributed by atoms with Crippen LogP contribution in [0.15, 0.2) is 54.9 Å². The number of carbonyl (C=O) groups excluding carboxylic acids is 1. The van der Waals surface area contributed by atoms with Gasteiger partial charge in [0, 0.05) is 42.2 Å². The lowest BCUT2D eigenvalue weighted by Crippen LogP contribution is -2.44. The first-order valence-electron chi connectivity index (χ1n) is 9.10. The summed E-state index contributed by atoms with van der Waals surface area (Å²) in [5, 5.41) is 11.9. The number of ether oxygens (including phenoxy) is 2. The van der Waals surface area contributed by atoms with Crippen molar-refractivity contribution in [2.24, 2.45) is 0 Å². The summed E-state index contributed by atoms with van der Waals surface area (Å²) < 4.78 is 11.2. The van der Waals surface area contributed by atoms with Crippen LogP contribution in [0.25, 0.3) is 11.3 Å². The van der Waals surface area contributed by atoms with Crippen LogP contribution in [0.5, 0.6) is 5.88 Å². The predicted octanol–water partition coefficient (Wildman–Crippen LogP) is 2.46. The Hall–Kier alpha value is -3.26. The fourth-order valence-electron chi connectivity index (χ4n) is 2.29. The number of nitrogens with zero attached hydrogens (tertiary/aromatic N) is 2. The van der Waals surface area contributed by atoms with Gasteiger partial charge in [-0.1, -0.05) is 30.3 Å². The number of rotatable bonds is 9. The van der Waals surface area contributed by atoms with E-state index in [9.17, 15) is 9.59 Å². The molecule has 1 heterocycles. The van der Waals surface area contributed by atoms with E-state index >= 15 is 0 Å². The lowest BCUT2D eigenvalue weighted by Gasteiger charge is -2.25. The van der Waals surface area contributed by atoms with Crippen molar-refractivity contribution in [1.82, 2.24) is 15.3 Å². The molecule has 8 nitrogen and oxygen atoms in total. The molecule has 1 atom stereocenters. The van der Waals surface area contributed by atoms with Crippen LogP contribution in [-0.4, -0.2) is 51.8 Å². The number of hydrogen-bond acceptors (Lipinski definition) is 7. The quantitative estimate of drug-likeness (QED) is 0.489. The molecule has 0 aliphatic rings. The summed E-state index contributed by atoms with van der Waals surface area (Å²) in [4.78, 5) is 31.1. The van der Waals surface area contributed by atoms with Gasteiger partial charge in [-0.15, -0.1) is 0 Å². The van der Waals surface area contributed by atoms with Crippen LogP contribution < -0.4 is 10.1 Å². The van der Waals surface area contributed by atoms with Crippen molar-refractivity contribution in [1.29, 1.82) is 0 Å². The van der Waals surface area contributed by atoms with Gasteiger partial charge in [0.15, 0.2) is 0 Å². The second kappa shape index (κ2) is 10.3. The lowest BCUT2D eigenvalue weighted by molar-refractivity contribution is -0.145. The Balaban J connectivity index is 2.11. The molecular weight excluding hydrogens is 374 g/mol. The zero-order valence-electron chi connectivity index (χ0n) is 16.7. The molecule has 0 aliphatic carbocycles. The van der Waals surface area contributed by atoms with Crippen LogP contribution in [-0.2, 0) is 14.3 Å². The SMILES string of the molecule is CC(C)(C)NC[C@@H](COc1nccnc1-c1ccccc1)OC(=O)/C=C\C(=O)O. The number of carbonyl (C=O) groups is 2. The molecule has 2 N–H and O–H groups in total. The monoisotopic (exact) mass is 399 g/mol. The van der Waals surface area contributed by atoms with Gasteiger partial charge in [0.25, 0.3) is 0 Å². The Kier molecular flexibility index (Phi) is 7.85. The lowest BCUT2D eigenvalue weighted by atomic mass is 10.1. The summed E-state index contributed by atoms with van der Waals surface area (Å²) in [5.41, 5.74) is 1.22. The molecule has 0 amide bonds. The van der Waals surface area contributed by atoms with E-state index in [-0.39, 0.29) is 12.1 Å². The minimum absolute atomic E-state index is 0.0221. The average Bonchev–Trinajstić information content (AvgIpc) is 2.68. The smallest absolute Gasteiger partial charge is 0.331 e. The number of aliphatic carboxylic acids is 1. The van der Waals surface area contributed by atoms with Crippen molar-refractivity contribution in [3.8, 4) is 17.1 Å². The molecule has 2 rings (SSSR count). The molecule has 2 aromatic rings. The van der Waals surface area contributed by atoms with Crippen LogP contribution in [0.1, 0.15) is 20.8 Å². The highest BCUT2D eigenvalue weighted by Gasteiger charge is 2.19. The molecule has 1 aromatic carbocycles. The molecule has 29 heavy (non-hydrogen) atoms. The number of aromatic nitrogens is 2. The predicted molar refractivity (Wildman–Crippen MR) is 107 cm³/mol. The van der Waals surface area contributed by atoms with Crippen LogP contribution in [0.2, 0.25) is 0 Å². The van der Waals surface area contributed by atoms with E-state index in [0.717, 1.165) is 17.7 Å². The van der Waals surface area contributed by atoms with Crippen molar-refractivity contribution >= 4 is 11.9 Å². The van der Waals surface area contributed by atoms with Gasteiger partial charge in [0.2, 0.25) is 5.88 Å². The molecule has 154 valence electrons. The van der Waals surface area contributed by atoms with Crippen LogP contribution in [0, 0.1) is 0 Å². The minimum atomic E-state index is -1.23. The van der Waals surface area contributed by atoms with Gasteiger partial charge in [-0.2, -0.15) is 0 Å². The van der Waals surface area contributed by atoms with Crippen molar-refractivity contribution in [3.63, 3.8) is 0 Å². The largest absolute Gasteiger partial charge is 0.478 e. The summed E-state index contributed by atoms with van der Waals surface area (Å²) in [7, 11) is 0. The summed E-state index contributed by atoms with van der Waals surface area (Å²) in [6, 6.07) is 9.47. The third-order valence-corrected chi connectivity index (χ3v) is 3.62. The summed E-state index contributed by atoms with van der Waals surface area (Å²) in [5.74, 6) is -1.68. The molecular formula is C21H25N3O5. The van der Waals surface area contributed by atoms with E-state index in [1.165, 1.54) is 6.20 Å². The highest BCUT2D eigenvalue weighted by molar-refractivity contribution is 5.90. The van der Waals surface area contributed by atoms with Gasteiger partial charge in [0.1, 0.15) is 18.4 Å². The van der Waals surface area contributed by atoms with Gasteiger partial charge in [-0.25, -0.2) is 19.6 Å². The number of benzene rings is 1. The number of esters is 1. The average molecular weight is 399 g/mol. The number of carboxylic acid groups (broad SMARTS) is 1. The molecule has 0 bridgehead atoms. The molecule has 0 fully saturated rings. The first kappa shape index (κ1) is 22.0. The first-order chi connectivity index (χ1) is 13.7. The number of carboxylic acids is 1. The second-order valence-corrected chi connectivity index (χ2v) is 7.25. The van der Waals surface area contributed by atoms with E-state index in [4.69, 9.17) is 14.6 Å². The van der Waals surface area contributed by atoms with Gasteiger partial charge in [-0.3, -0.25) is 0 Å². The number of hydrogen-bond donors (Lipinski definition) is 2. The maximum atomic E-state index is 11.9. The maximum Gasteiger partial charge on any atom is 0.331 e. The zero-order chi connectivity index (χ0) is 21.3. The van der Waals surface area contributed by atoms with E-state index in [1.807, 2.05) is 51.1 Å². The van der Waals surface area contributed by atoms with E-state index in [0.29, 0.717) is 18.1 Å². The van der Waals surface area contributed by atoms with Crippen LogP contribution in [0.3, 0.4) is 0 Å². The molecule has 0 aliphatic heterocycles. The molecule has 0 spiro atoms. The topological polar surface area (TPSA) is 111 Å². The summed E-state index contributed by atoms with van der Waals surface area (Å²) in [6.45, 7) is 6.28. The van der Waals surface area contributed by atoms with E-state index in [2.05, 4.69) is 15.3 Å². The van der Waals surface area contributed by atoms with Crippen molar-refractivity contribution < 1.29 is 24.2 Å². The van der Waals surface area contributed by atoms with Crippen LogP contribution in [0.4, 0.5) is 0 Å². The Morgan fingerprint density at radius 3 is 2.48 bits per heavy atom. The normalized spacial score (nSPS) is 12.5. The molecule has 0 radical (unpaired) electrons. The van der Waals surface area contributed by atoms with Crippen molar-refractivity contribution in [3.05, 3.63) is 54.9 Å². The minimum Gasteiger partial charge on any atom is -0.478 e. The molecule has 8 heteroatoms. The van der Waals surface area contributed by atoms with Gasteiger partial charge in [0.05, 0.1) is 0 Å². The first-order valence-corrected chi connectivity index (χ1v) is 9.10. The Labute approximate surface area is 169 Å². The fourth-order valence-corrected chi connectivity index (χ4v) is 2.29. The summed E-state index contributed by atoms with van der Waals surface area (Å²) >= 11 is 0. The van der Waals surface area contributed by atoms with E-state index < -0.39 is 18.0 Å². The highest BCUT2D eigenvalue weighted by atomic mass is 16.6. The molecule has 0 unspecified atom stereocenters. The summed E-state index contributed by atoms with van der Waals surface area (Å²) in [6.07, 6.45) is 4.03. The van der Waals surface area contributed by atoms with Crippen molar-refractivity contribution in [2.45, 2.75) is 32.4 Å². The standard InChI is InChI=1S/C21H25N3O5/c1-21(2,3)24-13-16(29-18(27)10-9-17(25)26)14-28-20-19(22-11-12-23-20)15-7-5-4-6-8-15/h4-12,16,24H,13-14H2,1-3H3,(H,25,26)/b10-9-/t16-/m0/s1. The highest BCUT2D eigenvalue weighted by Crippen LogP contribution is 2.25. The fraction of sp³-hybridized carbons (Fsp3) is 0.333. The third kappa shape index (κ3) is 8.10. The van der Waals surface area contributed by atoms with Crippen molar-refractivity contribution in [2.75, 3.05) is 13.2 Å². The zero-order valence-corrected chi connectivity index (χ0v) is 16.7. The Morgan fingerprint density at radius 1 is 1.14 bits per heavy atom. The van der Waals surface area contributed by atoms with Crippen LogP contribution >= 0.6 is 0 Å². The second-order valence-electron chi connectivity index (χ2n) is 7.25. The molecule has 0 saturated heterocycles. The van der Waals surface area contributed by atoms with Gasteiger partial charge < -0.3 is 19.9 Å². The van der Waals surface area contributed by atoms with E-state index in [1.54, 1.807) is 6.20 Å². The maximum absolute atomic E-state index is 11.9. The molecule has 1 aromatic heterocycles. The van der Waals surface area contributed by atoms with Gasteiger partial charge in [-0.05, 0) is 20.8 Å². The Morgan fingerprint density at radius 2 is 1.83 bits per heavy atom.